The maximum Gasteiger partial charge on any atom is 0.233 e. The molecule has 0 aromatic heterocycles. The largest absolute Gasteiger partial charge is 0.305 e. The van der Waals surface area contributed by atoms with Crippen LogP contribution in [-0.2, 0) is 4.79 Å². The normalized spacial score (nSPS) is 24.1. The molecule has 1 atom stereocenters. The molecular weight excluding hydrogens is 204 g/mol. The van der Waals surface area contributed by atoms with Crippen molar-refractivity contribution in [2.24, 2.45) is 5.84 Å². The number of amides is 1. The minimum Gasteiger partial charge on any atom is -0.305 e. The summed E-state index contributed by atoms with van der Waals surface area (Å²) in [6.07, 6.45) is 2.62. The van der Waals surface area contributed by atoms with Crippen LogP contribution in [0.1, 0.15) is 26.2 Å². The van der Waals surface area contributed by atoms with Gasteiger partial charge in [-0.2, -0.15) is 0 Å². The molecule has 3 N–H and O–H groups in total. The zero-order valence-corrected chi connectivity index (χ0v) is 10.4. The molecule has 16 heavy (non-hydrogen) atoms. The van der Waals surface area contributed by atoms with Gasteiger partial charge in [-0.3, -0.25) is 15.1 Å². The molecular formula is C11H24N4O. The van der Waals surface area contributed by atoms with Crippen molar-refractivity contribution in [2.45, 2.75) is 32.2 Å². The first kappa shape index (κ1) is 13.4. The highest BCUT2D eigenvalue weighted by molar-refractivity contribution is 5.75. The molecule has 5 heteroatoms. The third kappa shape index (κ3) is 4.47. The Labute approximate surface area is 97.9 Å². The van der Waals surface area contributed by atoms with Gasteiger partial charge in [0.1, 0.15) is 0 Å². The molecule has 94 valence electrons. The lowest BCUT2D eigenvalue weighted by Crippen LogP contribution is -2.39. The van der Waals surface area contributed by atoms with Gasteiger partial charge in [0.15, 0.2) is 0 Å². The maximum absolute atomic E-state index is 11.0. The van der Waals surface area contributed by atoms with E-state index < -0.39 is 0 Å². The Morgan fingerprint density at radius 2 is 2.25 bits per heavy atom. The van der Waals surface area contributed by atoms with Gasteiger partial charge in [0.25, 0.3) is 0 Å². The Hall–Kier alpha value is -0.650. The molecule has 1 aliphatic rings. The Kier molecular flexibility index (Phi) is 5.73. The van der Waals surface area contributed by atoms with Crippen molar-refractivity contribution in [1.29, 1.82) is 0 Å². The number of likely N-dealkylation sites (N-methyl/N-ethyl adjacent to an activating group) is 1. The van der Waals surface area contributed by atoms with Crippen LogP contribution in [-0.4, -0.2) is 55.0 Å². The number of carbonyl (C=O) groups excluding carboxylic acids is 1. The number of hydrogen-bond acceptors (Lipinski definition) is 4. The van der Waals surface area contributed by atoms with E-state index in [-0.39, 0.29) is 5.91 Å². The maximum atomic E-state index is 11.0. The number of rotatable bonds is 4. The molecule has 0 aromatic rings. The molecule has 1 saturated heterocycles. The number of hydrazine groups is 1. The molecule has 1 fully saturated rings. The zero-order valence-electron chi connectivity index (χ0n) is 10.4. The van der Waals surface area contributed by atoms with Crippen molar-refractivity contribution in [3.8, 4) is 0 Å². The SMILES string of the molecule is CC1CN(C)CCCN1CCCC(=O)NN. The number of nitrogens with two attached hydrogens (primary N) is 1. The first-order valence-electron chi connectivity index (χ1n) is 6.05. The Bertz CT molecular complexity index is 222. The van der Waals surface area contributed by atoms with E-state index in [1.807, 2.05) is 0 Å². The predicted octanol–water partition coefficient (Wildman–Crippen LogP) is -0.217. The lowest BCUT2D eigenvalue weighted by Gasteiger charge is -2.27. The summed E-state index contributed by atoms with van der Waals surface area (Å²) in [7, 11) is 2.17. The van der Waals surface area contributed by atoms with E-state index in [4.69, 9.17) is 5.84 Å². The number of hydrogen-bond donors (Lipinski definition) is 2. The van der Waals surface area contributed by atoms with Crippen molar-refractivity contribution in [3.63, 3.8) is 0 Å². The van der Waals surface area contributed by atoms with Gasteiger partial charge in [-0.25, -0.2) is 5.84 Å². The molecule has 0 aromatic carbocycles. The fourth-order valence-corrected chi connectivity index (χ4v) is 2.27. The van der Waals surface area contributed by atoms with Crippen LogP contribution in [0.2, 0.25) is 0 Å². The van der Waals surface area contributed by atoms with Crippen molar-refractivity contribution in [3.05, 3.63) is 0 Å². The average molecular weight is 228 g/mol. The third-order valence-corrected chi connectivity index (χ3v) is 3.19. The van der Waals surface area contributed by atoms with E-state index in [1.54, 1.807) is 0 Å². The topological polar surface area (TPSA) is 61.6 Å². The molecule has 1 amide bonds. The molecule has 1 unspecified atom stereocenters. The molecule has 1 rings (SSSR count). The van der Waals surface area contributed by atoms with Crippen LogP contribution >= 0.6 is 0 Å². The van der Waals surface area contributed by atoms with E-state index in [9.17, 15) is 4.79 Å². The summed E-state index contributed by atoms with van der Waals surface area (Å²) >= 11 is 0. The molecule has 0 aliphatic carbocycles. The van der Waals surface area contributed by atoms with Crippen LogP contribution in [0.5, 0.6) is 0 Å². The van der Waals surface area contributed by atoms with E-state index in [2.05, 4.69) is 29.2 Å². The monoisotopic (exact) mass is 228 g/mol. The predicted molar refractivity (Wildman–Crippen MR) is 64.7 cm³/mol. The first-order valence-corrected chi connectivity index (χ1v) is 6.05. The van der Waals surface area contributed by atoms with Gasteiger partial charge in [0.2, 0.25) is 5.91 Å². The fourth-order valence-electron chi connectivity index (χ4n) is 2.27. The van der Waals surface area contributed by atoms with Gasteiger partial charge >= 0.3 is 0 Å². The minimum atomic E-state index is -0.0698. The van der Waals surface area contributed by atoms with Crippen LogP contribution in [0, 0.1) is 0 Å². The Balaban J connectivity index is 2.26. The second-order valence-corrected chi connectivity index (χ2v) is 4.67. The van der Waals surface area contributed by atoms with Gasteiger partial charge in [0, 0.05) is 19.0 Å². The molecule has 1 aliphatic heterocycles. The molecule has 0 saturated carbocycles. The van der Waals surface area contributed by atoms with E-state index >= 15 is 0 Å². The standard InChI is InChI=1S/C11H24N4O/c1-10-9-14(2)6-4-8-15(10)7-3-5-11(16)13-12/h10H,3-9,12H2,1-2H3,(H,13,16). The van der Waals surface area contributed by atoms with Crippen LogP contribution in [0.15, 0.2) is 0 Å². The summed E-state index contributed by atoms with van der Waals surface area (Å²) < 4.78 is 0. The van der Waals surface area contributed by atoms with Crippen molar-refractivity contribution < 1.29 is 4.79 Å². The highest BCUT2D eigenvalue weighted by atomic mass is 16.2. The summed E-state index contributed by atoms with van der Waals surface area (Å²) in [4.78, 5) is 15.8. The van der Waals surface area contributed by atoms with E-state index in [1.165, 1.54) is 13.0 Å². The summed E-state index contributed by atoms with van der Waals surface area (Å²) in [5.41, 5.74) is 2.17. The van der Waals surface area contributed by atoms with Crippen LogP contribution < -0.4 is 11.3 Å². The van der Waals surface area contributed by atoms with Gasteiger partial charge in [-0.15, -0.1) is 0 Å². The quantitative estimate of drug-likeness (QED) is 0.397. The summed E-state index contributed by atoms with van der Waals surface area (Å²) in [6, 6.07) is 0.577. The molecule has 1 heterocycles. The molecule has 0 bridgehead atoms. The molecule has 0 radical (unpaired) electrons. The van der Waals surface area contributed by atoms with Crippen LogP contribution in [0.25, 0.3) is 0 Å². The molecule has 5 nitrogen and oxygen atoms in total. The first-order chi connectivity index (χ1) is 7.63. The average Bonchev–Trinajstić information content (AvgIpc) is 2.40. The highest BCUT2D eigenvalue weighted by Gasteiger charge is 2.18. The summed E-state index contributed by atoms with van der Waals surface area (Å²) in [5, 5.41) is 0. The number of nitrogens with zero attached hydrogens (tertiary/aromatic N) is 2. The van der Waals surface area contributed by atoms with Crippen molar-refractivity contribution in [1.82, 2.24) is 15.2 Å². The van der Waals surface area contributed by atoms with Crippen molar-refractivity contribution >= 4 is 5.91 Å². The zero-order chi connectivity index (χ0) is 12.0. The Morgan fingerprint density at radius 1 is 1.50 bits per heavy atom. The second-order valence-electron chi connectivity index (χ2n) is 4.67. The van der Waals surface area contributed by atoms with Gasteiger partial charge in [0.05, 0.1) is 0 Å². The van der Waals surface area contributed by atoms with E-state index in [0.717, 1.165) is 26.1 Å². The lowest BCUT2D eigenvalue weighted by molar-refractivity contribution is -0.121. The third-order valence-electron chi connectivity index (χ3n) is 3.19. The summed E-state index contributed by atoms with van der Waals surface area (Å²) in [5.74, 6) is 4.97. The second kappa shape index (κ2) is 6.83. The minimum absolute atomic E-state index is 0.0698. The highest BCUT2D eigenvalue weighted by Crippen LogP contribution is 2.09. The van der Waals surface area contributed by atoms with Gasteiger partial charge < -0.3 is 4.90 Å². The number of nitrogens with one attached hydrogen (secondary N) is 1. The Morgan fingerprint density at radius 3 is 2.94 bits per heavy atom. The number of carbonyl (C=O) groups is 1. The van der Waals surface area contributed by atoms with E-state index in [0.29, 0.717) is 12.5 Å². The van der Waals surface area contributed by atoms with Gasteiger partial charge in [-0.1, -0.05) is 0 Å². The van der Waals surface area contributed by atoms with Crippen LogP contribution in [0.3, 0.4) is 0 Å². The molecule has 0 spiro atoms. The fraction of sp³-hybridized carbons (Fsp3) is 0.909. The van der Waals surface area contributed by atoms with Crippen molar-refractivity contribution in [2.75, 3.05) is 33.2 Å². The smallest absolute Gasteiger partial charge is 0.233 e. The lowest BCUT2D eigenvalue weighted by atomic mass is 10.2. The van der Waals surface area contributed by atoms with Crippen LogP contribution in [0.4, 0.5) is 0 Å². The summed E-state index contributed by atoms with van der Waals surface area (Å²) in [6.45, 7) is 6.66. The van der Waals surface area contributed by atoms with Gasteiger partial charge in [-0.05, 0) is 46.4 Å².